The van der Waals surface area contributed by atoms with Crippen molar-refractivity contribution in [2.24, 2.45) is 0 Å². The molecule has 0 atom stereocenters. The van der Waals surface area contributed by atoms with E-state index in [4.69, 9.17) is 4.42 Å². The summed E-state index contributed by atoms with van der Waals surface area (Å²) in [6.45, 7) is 0. The van der Waals surface area contributed by atoms with E-state index in [0.29, 0.717) is 0 Å². The molecule has 0 unspecified atom stereocenters. The lowest BCUT2D eigenvalue weighted by Gasteiger charge is -2.26. The molecule has 67 heavy (non-hydrogen) atoms. The number of furan rings is 1. The summed E-state index contributed by atoms with van der Waals surface area (Å²) in [5.74, 6) is 0. The highest BCUT2D eigenvalue weighted by Gasteiger charge is 2.20. The lowest BCUT2D eigenvalue weighted by Crippen LogP contribution is -2.10. The summed E-state index contributed by atoms with van der Waals surface area (Å²) >= 11 is 0. The van der Waals surface area contributed by atoms with Gasteiger partial charge in [0, 0.05) is 49.7 Å². The van der Waals surface area contributed by atoms with Crippen molar-refractivity contribution >= 4 is 71.6 Å². The number of aromatic nitrogens is 1. The summed E-state index contributed by atoms with van der Waals surface area (Å²) in [7, 11) is 0. The molecule has 2 heterocycles. The molecule has 0 aliphatic carbocycles. The molecule has 2 aromatic heterocycles. The Kier molecular flexibility index (Phi) is 9.17. The van der Waals surface area contributed by atoms with E-state index in [9.17, 15) is 0 Å². The third-order valence-corrected chi connectivity index (χ3v) is 13.4. The van der Waals surface area contributed by atoms with Crippen LogP contribution in [-0.2, 0) is 0 Å². The van der Waals surface area contributed by atoms with E-state index in [2.05, 4.69) is 252 Å². The summed E-state index contributed by atoms with van der Waals surface area (Å²) < 4.78 is 8.96. The summed E-state index contributed by atoms with van der Waals surface area (Å²) in [5, 5.41) is 7.23. The molecule has 0 aliphatic rings. The molecule has 13 aromatic rings. The molecular formula is C64H42N2O. The fourth-order valence-electron chi connectivity index (χ4n) is 10.3. The van der Waals surface area contributed by atoms with Crippen LogP contribution >= 0.6 is 0 Å². The van der Waals surface area contributed by atoms with Gasteiger partial charge in [0.05, 0.1) is 16.7 Å². The zero-order valence-electron chi connectivity index (χ0n) is 36.6. The normalized spacial score (nSPS) is 11.6. The Bertz CT molecular complexity index is 3930. The van der Waals surface area contributed by atoms with Crippen LogP contribution in [-0.4, -0.2) is 4.57 Å². The highest BCUT2D eigenvalue weighted by Crippen LogP contribution is 2.43. The van der Waals surface area contributed by atoms with E-state index in [1.165, 1.54) is 60.4 Å². The zero-order chi connectivity index (χ0) is 44.3. The number of hydrogen-bond acceptors (Lipinski definition) is 2. The topological polar surface area (TPSA) is 21.3 Å². The highest BCUT2D eigenvalue weighted by molar-refractivity contribution is 6.11. The number of hydrogen-bond donors (Lipinski definition) is 0. The summed E-state index contributed by atoms with van der Waals surface area (Å²) in [6.07, 6.45) is 0. The zero-order valence-corrected chi connectivity index (χ0v) is 36.6. The molecule has 314 valence electrons. The molecule has 0 aliphatic heterocycles. The largest absolute Gasteiger partial charge is 0.455 e. The number of rotatable bonds is 8. The fraction of sp³-hybridized carbons (Fsp3) is 0. The molecule has 0 radical (unpaired) electrons. The number of para-hydroxylation sites is 5. The second-order valence-electron chi connectivity index (χ2n) is 17.2. The smallest absolute Gasteiger partial charge is 0.143 e. The highest BCUT2D eigenvalue weighted by atomic mass is 16.3. The van der Waals surface area contributed by atoms with E-state index in [1.54, 1.807) is 0 Å². The average Bonchev–Trinajstić information content (AvgIpc) is 3.95. The predicted octanol–water partition coefficient (Wildman–Crippen LogP) is 18.0. The monoisotopic (exact) mass is 854 g/mol. The van der Waals surface area contributed by atoms with Crippen LogP contribution in [0.1, 0.15) is 0 Å². The SMILES string of the molecule is c1cc(-c2cccc3c2oc2ccccc23)cc(N(c2ccc(-c3ccccc3-c3ccccc3-n3c4ccccc4c4ccccc43)cc2)c2ccc(-c3cccc4ccccc34)cc2)c1. The van der Waals surface area contributed by atoms with Crippen LogP contribution < -0.4 is 4.90 Å². The van der Waals surface area contributed by atoms with E-state index < -0.39 is 0 Å². The van der Waals surface area contributed by atoms with E-state index in [-0.39, 0.29) is 0 Å². The van der Waals surface area contributed by atoms with Crippen LogP contribution in [0, 0.1) is 0 Å². The molecule has 3 heteroatoms. The van der Waals surface area contributed by atoms with Gasteiger partial charge in [-0.3, -0.25) is 0 Å². The first-order valence-corrected chi connectivity index (χ1v) is 22.9. The van der Waals surface area contributed by atoms with Crippen LogP contribution in [0.25, 0.3) is 105 Å². The predicted molar refractivity (Wildman–Crippen MR) is 282 cm³/mol. The van der Waals surface area contributed by atoms with Gasteiger partial charge in [-0.05, 0) is 105 Å². The molecule has 0 N–H and O–H groups in total. The Labute approximate surface area is 388 Å². The maximum absolute atomic E-state index is 6.54. The molecule has 13 rings (SSSR count). The minimum absolute atomic E-state index is 0.894. The molecule has 0 fully saturated rings. The lowest BCUT2D eigenvalue weighted by molar-refractivity contribution is 0.670. The molecule has 0 amide bonds. The number of fused-ring (bicyclic) bond motifs is 7. The quantitative estimate of drug-likeness (QED) is 0.152. The Morgan fingerprint density at radius 1 is 0.299 bits per heavy atom. The molecule has 3 nitrogen and oxygen atoms in total. The van der Waals surface area contributed by atoms with Crippen molar-refractivity contribution in [2.45, 2.75) is 0 Å². The van der Waals surface area contributed by atoms with Crippen molar-refractivity contribution in [2.75, 3.05) is 4.90 Å². The number of nitrogens with zero attached hydrogens (tertiary/aromatic N) is 2. The second-order valence-corrected chi connectivity index (χ2v) is 17.2. The number of anilines is 3. The van der Waals surface area contributed by atoms with Crippen LogP contribution in [0.2, 0.25) is 0 Å². The standard InChI is InChI=1S/C64H42N2O/c1-2-20-50-43(16-1)17-14-27-51(50)44-34-38-47(39-35-44)65(49-19-13-18-46(42-49)53-28-15-29-59-58-26-8-12-33-63(58)67-64(53)59)48-40-36-45(37-41-48)52-21-3-4-22-54(52)55-23-5-9-30-60(55)66-61-31-10-6-24-56(61)57-25-7-11-32-62(57)66/h1-42H. The third-order valence-electron chi connectivity index (χ3n) is 13.4. The van der Waals surface area contributed by atoms with Gasteiger partial charge < -0.3 is 13.9 Å². The van der Waals surface area contributed by atoms with Crippen molar-refractivity contribution in [3.8, 4) is 50.2 Å². The van der Waals surface area contributed by atoms with E-state index >= 15 is 0 Å². The van der Waals surface area contributed by atoms with Gasteiger partial charge in [0.25, 0.3) is 0 Å². The molecular weight excluding hydrogens is 813 g/mol. The lowest BCUT2D eigenvalue weighted by atomic mass is 9.93. The summed E-state index contributed by atoms with van der Waals surface area (Å²) in [5.41, 5.74) is 17.8. The Balaban J connectivity index is 0.929. The van der Waals surface area contributed by atoms with Gasteiger partial charge in [0.15, 0.2) is 0 Å². The van der Waals surface area contributed by atoms with Gasteiger partial charge in [-0.2, -0.15) is 0 Å². The number of benzene rings is 11. The fourth-order valence-corrected chi connectivity index (χ4v) is 10.3. The maximum atomic E-state index is 6.54. The van der Waals surface area contributed by atoms with Crippen molar-refractivity contribution in [1.82, 2.24) is 4.57 Å². The molecule has 0 saturated heterocycles. The molecule has 0 saturated carbocycles. The minimum atomic E-state index is 0.894. The first kappa shape index (κ1) is 38.5. The van der Waals surface area contributed by atoms with Gasteiger partial charge in [0.1, 0.15) is 11.2 Å². The van der Waals surface area contributed by atoms with Crippen LogP contribution in [0.15, 0.2) is 259 Å². The van der Waals surface area contributed by atoms with E-state index in [0.717, 1.165) is 61.4 Å². The van der Waals surface area contributed by atoms with Gasteiger partial charge in [0.2, 0.25) is 0 Å². The first-order valence-electron chi connectivity index (χ1n) is 22.9. The van der Waals surface area contributed by atoms with Crippen LogP contribution in [0.4, 0.5) is 17.1 Å². The third kappa shape index (κ3) is 6.51. The van der Waals surface area contributed by atoms with Crippen LogP contribution in [0.5, 0.6) is 0 Å². The summed E-state index contributed by atoms with van der Waals surface area (Å²) in [6, 6.07) is 91.9. The molecule has 0 spiro atoms. The Morgan fingerprint density at radius 3 is 1.55 bits per heavy atom. The molecule has 0 bridgehead atoms. The van der Waals surface area contributed by atoms with Gasteiger partial charge in [-0.15, -0.1) is 0 Å². The second kappa shape index (κ2) is 16.0. The van der Waals surface area contributed by atoms with Crippen LogP contribution in [0.3, 0.4) is 0 Å². The Morgan fingerprint density at radius 2 is 0.806 bits per heavy atom. The van der Waals surface area contributed by atoms with Crippen molar-refractivity contribution < 1.29 is 4.42 Å². The first-order chi connectivity index (χ1) is 33.2. The van der Waals surface area contributed by atoms with Crippen molar-refractivity contribution in [1.29, 1.82) is 0 Å². The van der Waals surface area contributed by atoms with Gasteiger partial charge in [-0.25, -0.2) is 0 Å². The summed E-state index contributed by atoms with van der Waals surface area (Å²) in [4.78, 5) is 2.36. The minimum Gasteiger partial charge on any atom is -0.455 e. The van der Waals surface area contributed by atoms with Crippen molar-refractivity contribution in [3.05, 3.63) is 255 Å². The van der Waals surface area contributed by atoms with Crippen molar-refractivity contribution in [3.63, 3.8) is 0 Å². The van der Waals surface area contributed by atoms with Gasteiger partial charge in [-0.1, -0.05) is 194 Å². The maximum Gasteiger partial charge on any atom is 0.143 e. The Hall–Kier alpha value is -8.92. The average molecular weight is 855 g/mol. The van der Waals surface area contributed by atoms with E-state index in [1.807, 2.05) is 12.1 Å². The van der Waals surface area contributed by atoms with Gasteiger partial charge >= 0.3 is 0 Å². The molecule has 11 aromatic carbocycles.